The Morgan fingerprint density at radius 1 is 0.963 bits per heavy atom. The first-order chi connectivity index (χ1) is 12.8. The molecule has 1 aliphatic heterocycles. The summed E-state index contributed by atoms with van der Waals surface area (Å²) < 4.78 is 30.8. The Kier molecular flexibility index (Phi) is 4.21. The molecule has 0 aliphatic carbocycles. The van der Waals surface area contributed by atoms with Crippen molar-refractivity contribution in [2.24, 2.45) is 19.8 Å². The molecule has 0 saturated carbocycles. The van der Waals surface area contributed by atoms with Crippen LogP contribution >= 0.6 is 0 Å². The summed E-state index contributed by atoms with van der Waals surface area (Å²) in [7, 11) is -0.389. The van der Waals surface area contributed by atoms with Crippen LogP contribution in [0.4, 0.5) is 0 Å². The fourth-order valence-corrected chi connectivity index (χ4v) is 5.36. The van der Waals surface area contributed by atoms with Crippen LogP contribution in [0, 0.1) is 0 Å². The highest BCUT2D eigenvalue weighted by molar-refractivity contribution is 7.89. The Balaban J connectivity index is 1.71. The number of nitrogens with zero attached hydrogens (tertiary/aromatic N) is 3. The molecule has 1 saturated heterocycles. The number of aromatic nitrogens is 2. The molecular formula is C19H22N4O3S. The van der Waals surface area contributed by atoms with Crippen molar-refractivity contribution >= 4 is 21.1 Å². The fourth-order valence-electron chi connectivity index (χ4n) is 3.84. The Morgan fingerprint density at radius 2 is 1.63 bits per heavy atom. The lowest BCUT2D eigenvalue weighted by Crippen LogP contribution is -2.32. The highest BCUT2D eigenvalue weighted by Crippen LogP contribution is 2.31. The SMILES string of the molecule is Cn1c(=O)n(C)c2cc(S(=O)(=O)N3C[C@@H](N)[C@H](c4ccccc4)C3)ccc21. The summed E-state index contributed by atoms with van der Waals surface area (Å²) in [6.07, 6.45) is 0. The normalized spacial score (nSPS) is 21.1. The number of imidazole rings is 1. The second-order valence-electron chi connectivity index (χ2n) is 7.05. The van der Waals surface area contributed by atoms with Crippen LogP contribution in [-0.4, -0.2) is 41.0 Å². The molecule has 142 valence electrons. The highest BCUT2D eigenvalue weighted by atomic mass is 32.2. The van der Waals surface area contributed by atoms with Crippen molar-refractivity contribution in [2.75, 3.05) is 13.1 Å². The predicted octanol–water partition coefficient (Wildman–Crippen LogP) is 0.992. The number of rotatable bonds is 3. The van der Waals surface area contributed by atoms with Crippen LogP contribution < -0.4 is 11.4 Å². The van der Waals surface area contributed by atoms with E-state index in [1.54, 1.807) is 32.3 Å². The van der Waals surface area contributed by atoms with Crippen molar-refractivity contribution in [3.63, 3.8) is 0 Å². The third-order valence-corrected chi connectivity index (χ3v) is 7.27. The molecule has 2 aromatic carbocycles. The van der Waals surface area contributed by atoms with Gasteiger partial charge in [-0.15, -0.1) is 0 Å². The number of benzene rings is 2. The second kappa shape index (κ2) is 6.33. The first-order valence-corrected chi connectivity index (χ1v) is 10.2. The van der Waals surface area contributed by atoms with Crippen molar-refractivity contribution in [3.05, 3.63) is 64.6 Å². The summed E-state index contributed by atoms with van der Waals surface area (Å²) in [5.74, 6) is -0.0363. The maximum atomic E-state index is 13.2. The molecule has 1 aliphatic rings. The molecule has 1 fully saturated rings. The van der Waals surface area contributed by atoms with Crippen molar-refractivity contribution in [3.8, 4) is 0 Å². The minimum absolute atomic E-state index is 0.0363. The average molecular weight is 386 g/mol. The van der Waals surface area contributed by atoms with E-state index in [1.807, 2.05) is 30.3 Å². The van der Waals surface area contributed by atoms with E-state index < -0.39 is 10.0 Å². The van der Waals surface area contributed by atoms with Gasteiger partial charge in [-0.3, -0.25) is 9.13 Å². The van der Waals surface area contributed by atoms with E-state index in [2.05, 4.69) is 0 Å². The van der Waals surface area contributed by atoms with Gasteiger partial charge in [-0.2, -0.15) is 4.31 Å². The minimum atomic E-state index is -3.70. The predicted molar refractivity (Wildman–Crippen MR) is 104 cm³/mol. The van der Waals surface area contributed by atoms with Crippen molar-refractivity contribution in [1.29, 1.82) is 0 Å². The van der Waals surface area contributed by atoms with E-state index in [1.165, 1.54) is 13.4 Å². The molecule has 3 aromatic rings. The summed E-state index contributed by atoms with van der Waals surface area (Å²) in [6, 6.07) is 14.3. The van der Waals surface area contributed by atoms with Gasteiger partial charge in [0, 0.05) is 39.1 Å². The van der Waals surface area contributed by atoms with E-state index in [9.17, 15) is 13.2 Å². The van der Waals surface area contributed by atoms with Gasteiger partial charge in [-0.25, -0.2) is 13.2 Å². The lowest BCUT2D eigenvalue weighted by molar-refractivity contribution is 0.470. The Hall–Kier alpha value is -2.42. The number of sulfonamides is 1. The summed E-state index contributed by atoms with van der Waals surface area (Å²) >= 11 is 0. The maximum Gasteiger partial charge on any atom is 0.328 e. The molecule has 2 N–H and O–H groups in total. The monoisotopic (exact) mass is 386 g/mol. The van der Waals surface area contributed by atoms with Crippen LogP contribution in [0.25, 0.3) is 11.0 Å². The number of hydrogen-bond acceptors (Lipinski definition) is 4. The van der Waals surface area contributed by atoms with Crippen molar-refractivity contribution in [1.82, 2.24) is 13.4 Å². The minimum Gasteiger partial charge on any atom is -0.326 e. The van der Waals surface area contributed by atoms with Gasteiger partial charge in [0.2, 0.25) is 10.0 Å². The van der Waals surface area contributed by atoms with Gasteiger partial charge in [-0.1, -0.05) is 30.3 Å². The molecule has 0 spiro atoms. The molecular weight excluding hydrogens is 364 g/mol. The summed E-state index contributed by atoms with van der Waals surface area (Å²) in [6.45, 7) is 0.618. The van der Waals surface area contributed by atoms with Gasteiger partial charge in [-0.05, 0) is 23.8 Å². The van der Waals surface area contributed by atoms with E-state index >= 15 is 0 Å². The molecule has 1 aromatic heterocycles. The van der Waals surface area contributed by atoms with E-state index in [0.29, 0.717) is 17.6 Å². The van der Waals surface area contributed by atoms with Gasteiger partial charge in [0.15, 0.2) is 0 Å². The van der Waals surface area contributed by atoms with E-state index in [4.69, 9.17) is 5.73 Å². The van der Waals surface area contributed by atoms with Crippen molar-refractivity contribution in [2.45, 2.75) is 16.9 Å². The molecule has 8 heteroatoms. The zero-order chi connectivity index (χ0) is 19.3. The van der Waals surface area contributed by atoms with Crippen LogP contribution in [0.15, 0.2) is 58.2 Å². The topological polar surface area (TPSA) is 90.3 Å². The third kappa shape index (κ3) is 2.80. The molecule has 0 amide bonds. The zero-order valence-electron chi connectivity index (χ0n) is 15.2. The summed E-state index contributed by atoms with van der Waals surface area (Å²) in [5.41, 5.74) is 8.40. The van der Waals surface area contributed by atoms with Crippen LogP contribution in [0.2, 0.25) is 0 Å². The number of fused-ring (bicyclic) bond motifs is 1. The highest BCUT2D eigenvalue weighted by Gasteiger charge is 2.38. The number of hydrogen-bond donors (Lipinski definition) is 1. The maximum absolute atomic E-state index is 13.2. The number of nitrogens with two attached hydrogens (primary N) is 1. The zero-order valence-corrected chi connectivity index (χ0v) is 16.1. The van der Waals surface area contributed by atoms with E-state index in [-0.39, 0.29) is 29.1 Å². The molecule has 0 radical (unpaired) electrons. The quantitative estimate of drug-likeness (QED) is 0.727. The van der Waals surface area contributed by atoms with Gasteiger partial charge in [0.1, 0.15) is 0 Å². The molecule has 0 bridgehead atoms. The summed E-state index contributed by atoms with van der Waals surface area (Å²) in [5, 5.41) is 0. The Bertz CT molecular complexity index is 1160. The van der Waals surface area contributed by atoms with Gasteiger partial charge in [0.25, 0.3) is 0 Å². The smallest absolute Gasteiger partial charge is 0.326 e. The fraction of sp³-hybridized carbons (Fsp3) is 0.316. The average Bonchev–Trinajstić information content (AvgIpc) is 3.17. The largest absolute Gasteiger partial charge is 0.328 e. The van der Waals surface area contributed by atoms with E-state index in [0.717, 1.165) is 5.56 Å². The molecule has 7 nitrogen and oxygen atoms in total. The molecule has 4 rings (SSSR count). The second-order valence-corrected chi connectivity index (χ2v) is 8.99. The Morgan fingerprint density at radius 3 is 2.33 bits per heavy atom. The van der Waals surface area contributed by atoms with Gasteiger partial charge in [0.05, 0.1) is 15.9 Å². The Labute approximate surface area is 157 Å². The van der Waals surface area contributed by atoms with Crippen LogP contribution in [0.3, 0.4) is 0 Å². The van der Waals surface area contributed by atoms with Crippen LogP contribution in [0.1, 0.15) is 11.5 Å². The first kappa shape index (κ1) is 18.0. The lowest BCUT2D eigenvalue weighted by Gasteiger charge is -2.17. The lowest BCUT2D eigenvalue weighted by atomic mass is 9.95. The first-order valence-electron chi connectivity index (χ1n) is 8.77. The molecule has 27 heavy (non-hydrogen) atoms. The van der Waals surface area contributed by atoms with Gasteiger partial charge >= 0.3 is 5.69 Å². The third-order valence-electron chi connectivity index (χ3n) is 5.44. The molecule has 0 unspecified atom stereocenters. The standard InChI is InChI=1S/C19H22N4O3S/c1-21-17-9-8-14(10-18(17)22(2)19(21)24)27(25,26)23-11-15(16(20)12-23)13-6-4-3-5-7-13/h3-10,15-16H,11-12,20H2,1-2H3/t15-,16+/m0/s1. The van der Waals surface area contributed by atoms with Crippen LogP contribution in [-0.2, 0) is 24.1 Å². The molecule has 2 heterocycles. The van der Waals surface area contributed by atoms with Crippen LogP contribution in [0.5, 0.6) is 0 Å². The van der Waals surface area contributed by atoms with Crippen molar-refractivity contribution < 1.29 is 8.42 Å². The summed E-state index contributed by atoms with van der Waals surface area (Å²) in [4.78, 5) is 12.3. The number of aryl methyl sites for hydroxylation is 2. The van der Waals surface area contributed by atoms with Gasteiger partial charge < -0.3 is 5.73 Å². The molecule has 2 atom stereocenters.